The van der Waals surface area contributed by atoms with E-state index in [1.165, 1.54) is 35.5 Å². The van der Waals surface area contributed by atoms with Crippen LogP contribution in [0, 0.1) is 0 Å². The molecule has 1 aliphatic heterocycles. The second-order valence-corrected chi connectivity index (χ2v) is 8.46. The highest BCUT2D eigenvalue weighted by atomic mass is 16.1. The number of piperidine rings is 1. The number of aromatic nitrogens is 5. The van der Waals surface area contributed by atoms with Gasteiger partial charge in [0.25, 0.3) is 5.91 Å². The van der Waals surface area contributed by atoms with Gasteiger partial charge in [0.15, 0.2) is 11.6 Å². The van der Waals surface area contributed by atoms with Gasteiger partial charge >= 0.3 is 0 Å². The Morgan fingerprint density at radius 3 is 2.70 bits per heavy atom. The SMILES string of the molecule is C=Cn1ncc(C(=O)Nc2cc(C3CCNCC3)nn2-c2ccc(C3CC3)cn2)c1N=CC. The van der Waals surface area contributed by atoms with Crippen molar-refractivity contribution in [3.8, 4) is 5.82 Å². The van der Waals surface area contributed by atoms with Crippen molar-refractivity contribution in [2.75, 3.05) is 18.4 Å². The maximum Gasteiger partial charge on any atom is 0.262 e. The van der Waals surface area contributed by atoms with Crippen LogP contribution in [0.3, 0.4) is 0 Å². The lowest BCUT2D eigenvalue weighted by Gasteiger charge is -2.20. The summed E-state index contributed by atoms with van der Waals surface area (Å²) in [5, 5.41) is 15.5. The average Bonchev–Trinajstić information content (AvgIpc) is 3.50. The number of aliphatic imine (C=N–C) groups is 1. The number of hydrogen-bond donors (Lipinski definition) is 2. The van der Waals surface area contributed by atoms with E-state index in [0.29, 0.717) is 34.9 Å². The summed E-state index contributed by atoms with van der Waals surface area (Å²) in [6.45, 7) is 7.45. The molecule has 1 amide bonds. The predicted molar refractivity (Wildman–Crippen MR) is 129 cm³/mol. The van der Waals surface area contributed by atoms with E-state index >= 15 is 0 Å². The summed E-state index contributed by atoms with van der Waals surface area (Å²) in [5.41, 5.74) is 2.59. The maximum absolute atomic E-state index is 13.2. The van der Waals surface area contributed by atoms with Crippen LogP contribution in [-0.2, 0) is 0 Å². The zero-order valence-electron chi connectivity index (χ0n) is 18.7. The number of hydrogen-bond acceptors (Lipinski definition) is 6. The van der Waals surface area contributed by atoms with E-state index < -0.39 is 0 Å². The third kappa shape index (κ3) is 4.36. The molecule has 3 aromatic rings. The Balaban J connectivity index is 1.48. The summed E-state index contributed by atoms with van der Waals surface area (Å²) in [4.78, 5) is 22.2. The number of nitrogens with one attached hydrogen (secondary N) is 2. The number of anilines is 1. The van der Waals surface area contributed by atoms with Crippen LogP contribution >= 0.6 is 0 Å². The van der Waals surface area contributed by atoms with Gasteiger partial charge in [-0.2, -0.15) is 14.9 Å². The molecule has 5 rings (SSSR count). The summed E-state index contributed by atoms with van der Waals surface area (Å²) in [7, 11) is 0. The normalized spacial score (nSPS) is 16.9. The minimum Gasteiger partial charge on any atom is -0.317 e. The second kappa shape index (κ2) is 9.11. The van der Waals surface area contributed by atoms with Gasteiger partial charge in [0.05, 0.1) is 11.9 Å². The first-order chi connectivity index (χ1) is 16.2. The molecule has 1 saturated heterocycles. The quantitative estimate of drug-likeness (QED) is 0.539. The summed E-state index contributed by atoms with van der Waals surface area (Å²) in [6.07, 6.45) is 11.0. The highest BCUT2D eigenvalue weighted by molar-refractivity contribution is 6.07. The molecule has 3 aromatic heterocycles. The summed E-state index contributed by atoms with van der Waals surface area (Å²) in [6, 6.07) is 6.05. The Morgan fingerprint density at radius 1 is 1.21 bits per heavy atom. The summed E-state index contributed by atoms with van der Waals surface area (Å²) < 4.78 is 3.21. The van der Waals surface area contributed by atoms with E-state index in [4.69, 9.17) is 5.10 Å². The molecule has 0 unspecified atom stereocenters. The number of rotatable bonds is 7. The monoisotopic (exact) mass is 444 g/mol. The first-order valence-electron chi connectivity index (χ1n) is 11.4. The molecule has 0 aromatic carbocycles. The van der Waals surface area contributed by atoms with Crippen molar-refractivity contribution in [1.82, 2.24) is 29.9 Å². The van der Waals surface area contributed by atoms with Gasteiger partial charge in [0.1, 0.15) is 11.4 Å². The molecule has 2 N–H and O–H groups in total. The van der Waals surface area contributed by atoms with E-state index in [2.05, 4.69) is 38.4 Å². The fourth-order valence-corrected chi connectivity index (χ4v) is 4.25. The smallest absolute Gasteiger partial charge is 0.262 e. The lowest BCUT2D eigenvalue weighted by Crippen LogP contribution is -2.26. The number of nitrogens with zero attached hydrogens (tertiary/aromatic N) is 6. The van der Waals surface area contributed by atoms with Gasteiger partial charge in [-0.05, 0) is 63.2 Å². The van der Waals surface area contributed by atoms with Gasteiger partial charge < -0.3 is 10.6 Å². The fourth-order valence-electron chi connectivity index (χ4n) is 4.25. The number of pyridine rings is 1. The molecule has 2 aliphatic rings. The second-order valence-electron chi connectivity index (χ2n) is 8.46. The lowest BCUT2D eigenvalue weighted by atomic mass is 9.95. The van der Waals surface area contributed by atoms with Crippen molar-refractivity contribution in [2.45, 2.75) is 44.4 Å². The van der Waals surface area contributed by atoms with Crippen LogP contribution in [-0.4, -0.2) is 49.8 Å². The van der Waals surface area contributed by atoms with Crippen molar-refractivity contribution in [2.24, 2.45) is 4.99 Å². The Morgan fingerprint density at radius 2 is 2.03 bits per heavy atom. The van der Waals surface area contributed by atoms with Crippen molar-refractivity contribution in [1.29, 1.82) is 0 Å². The first-order valence-corrected chi connectivity index (χ1v) is 11.4. The number of carbonyl (C=O) groups excluding carboxylic acids is 1. The van der Waals surface area contributed by atoms with Crippen LogP contribution in [0.4, 0.5) is 11.6 Å². The van der Waals surface area contributed by atoms with Gasteiger partial charge in [0, 0.05) is 30.6 Å². The average molecular weight is 445 g/mol. The molecule has 0 spiro atoms. The molecule has 9 nitrogen and oxygen atoms in total. The van der Waals surface area contributed by atoms with E-state index in [-0.39, 0.29) is 5.91 Å². The van der Waals surface area contributed by atoms with Gasteiger partial charge in [-0.1, -0.05) is 12.6 Å². The minimum absolute atomic E-state index is 0.309. The standard InChI is InChI=1S/C24H28N8O/c1-3-26-23-19(15-28-31(23)4-2)24(33)29-22-13-20(17-9-11-25-12-10-17)30-32(22)21-8-7-18(14-27-21)16-5-6-16/h3-4,7-8,13-17,25H,2,5-6,9-12H2,1H3,(H,29,33). The largest absolute Gasteiger partial charge is 0.317 e. The van der Waals surface area contributed by atoms with E-state index in [1.807, 2.05) is 18.3 Å². The molecule has 9 heteroatoms. The van der Waals surface area contributed by atoms with Crippen LogP contribution in [0.1, 0.15) is 66.1 Å². The topological polar surface area (TPSA) is 102 Å². The van der Waals surface area contributed by atoms with E-state index in [1.54, 1.807) is 17.8 Å². The molecule has 2 fully saturated rings. The van der Waals surface area contributed by atoms with Crippen molar-refractivity contribution in [3.63, 3.8) is 0 Å². The van der Waals surface area contributed by atoms with Crippen LogP contribution < -0.4 is 10.6 Å². The van der Waals surface area contributed by atoms with Crippen LogP contribution in [0.2, 0.25) is 0 Å². The molecule has 0 radical (unpaired) electrons. The molecular weight excluding hydrogens is 416 g/mol. The Labute approximate surface area is 192 Å². The highest BCUT2D eigenvalue weighted by Gasteiger charge is 2.25. The molecule has 33 heavy (non-hydrogen) atoms. The Bertz CT molecular complexity index is 1180. The zero-order valence-corrected chi connectivity index (χ0v) is 18.7. The van der Waals surface area contributed by atoms with E-state index in [0.717, 1.165) is 31.6 Å². The zero-order chi connectivity index (χ0) is 22.8. The van der Waals surface area contributed by atoms with Crippen LogP contribution in [0.15, 0.2) is 42.2 Å². The van der Waals surface area contributed by atoms with Crippen molar-refractivity contribution in [3.05, 3.63) is 54.0 Å². The highest BCUT2D eigenvalue weighted by Crippen LogP contribution is 2.39. The maximum atomic E-state index is 13.2. The molecule has 0 bridgehead atoms. The fraction of sp³-hybridized carbons (Fsp3) is 0.375. The lowest BCUT2D eigenvalue weighted by molar-refractivity contribution is 0.102. The van der Waals surface area contributed by atoms with Gasteiger partial charge in [-0.15, -0.1) is 0 Å². The third-order valence-electron chi connectivity index (χ3n) is 6.20. The Hall–Kier alpha value is -3.59. The molecule has 1 aliphatic carbocycles. The van der Waals surface area contributed by atoms with Gasteiger partial charge in [0.2, 0.25) is 0 Å². The molecular formula is C24H28N8O. The van der Waals surface area contributed by atoms with Crippen molar-refractivity contribution >= 4 is 30.0 Å². The van der Waals surface area contributed by atoms with Gasteiger partial charge in [-0.3, -0.25) is 4.79 Å². The van der Waals surface area contributed by atoms with Gasteiger partial charge in [-0.25, -0.2) is 14.7 Å². The third-order valence-corrected chi connectivity index (χ3v) is 6.20. The first kappa shape index (κ1) is 21.3. The molecule has 4 heterocycles. The van der Waals surface area contributed by atoms with Crippen LogP contribution in [0.5, 0.6) is 0 Å². The van der Waals surface area contributed by atoms with Crippen molar-refractivity contribution < 1.29 is 4.79 Å². The Kier molecular flexibility index (Phi) is 5.87. The van der Waals surface area contributed by atoms with Crippen LogP contribution in [0.25, 0.3) is 12.0 Å². The minimum atomic E-state index is -0.309. The molecule has 1 saturated carbocycles. The summed E-state index contributed by atoms with van der Waals surface area (Å²) in [5.74, 6) is 2.37. The number of carbonyl (C=O) groups is 1. The molecule has 0 atom stereocenters. The predicted octanol–water partition coefficient (Wildman–Crippen LogP) is 3.88. The summed E-state index contributed by atoms with van der Waals surface area (Å²) >= 11 is 0. The number of amides is 1. The molecule has 170 valence electrons. The van der Waals surface area contributed by atoms with E-state index in [9.17, 15) is 4.79 Å².